The first-order chi connectivity index (χ1) is 8.62. The fraction of sp³-hybridized carbons (Fsp3) is 0.538. The van der Waals surface area contributed by atoms with E-state index in [4.69, 9.17) is 10.3 Å². The molecule has 0 bridgehead atoms. The van der Waals surface area contributed by atoms with Crippen molar-refractivity contribution in [3.8, 4) is 10.8 Å². The van der Waals surface area contributed by atoms with E-state index < -0.39 is 5.54 Å². The highest BCUT2D eigenvalue weighted by Crippen LogP contribution is 2.30. The monoisotopic (exact) mass is 265 g/mol. The molecule has 0 fully saturated rings. The normalized spacial score (nSPS) is 12.0. The van der Waals surface area contributed by atoms with Gasteiger partial charge in [0.05, 0.1) is 10.4 Å². The molecule has 0 aliphatic rings. The van der Waals surface area contributed by atoms with Crippen LogP contribution in [0.1, 0.15) is 44.3 Å². The van der Waals surface area contributed by atoms with Crippen LogP contribution < -0.4 is 5.73 Å². The first-order valence-electron chi connectivity index (χ1n) is 6.35. The molecule has 4 nitrogen and oxygen atoms in total. The lowest BCUT2D eigenvalue weighted by molar-refractivity contribution is 0.350. The van der Waals surface area contributed by atoms with Crippen LogP contribution in [0.25, 0.3) is 10.8 Å². The van der Waals surface area contributed by atoms with Gasteiger partial charge in [-0.1, -0.05) is 25.9 Å². The summed E-state index contributed by atoms with van der Waals surface area (Å²) in [5.41, 5.74) is 5.78. The van der Waals surface area contributed by atoms with E-state index in [2.05, 4.69) is 23.1 Å². The zero-order valence-corrected chi connectivity index (χ0v) is 11.9. The smallest absolute Gasteiger partial charge is 0.268 e. The zero-order chi connectivity index (χ0) is 13.2. The predicted molar refractivity (Wildman–Crippen MR) is 73.4 cm³/mol. The predicted octanol–water partition coefficient (Wildman–Crippen LogP) is 3.33. The second-order valence-corrected chi connectivity index (χ2v) is 5.57. The van der Waals surface area contributed by atoms with Gasteiger partial charge in [-0.3, -0.25) is 0 Å². The average Bonchev–Trinajstić information content (AvgIpc) is 3.05. The van der Waals surface area contributed by atoms with Gasteiger partial charge in [0.2, 0.25) is 0 Å². The highest BCUT2D eigenvalue weighted by atomic mass is 32.1. The van der Waals surface area contributed by atoms with Gasteiger partial charge in [0.25, 0.3) is 5.89 Å². The summed E-state index contributed by atoms with van der Waals surface area (Å²) in [5, 5.41) is 4.04. The summed E-state index contributed by atoms with van der Waals surface area (Å²) in [6.07, 6.45) is 2.62. The Morgan fingerprint density at radius 3 is 2.56 bits per heavy atom. The van der Waals surface area contributed by atoms with E-state index in [9.17, 15) is 0 Å². The van der Waals surface area contributed by atoms with E-state index in [0.717, 1.165) is 24.1 Å². The molecular weight excluding hydrogens is 246 g/mol. The summed E-state index contributed by atoms with van der Waals surface area (Å²) in [5.74, 6) is 1.18. The minimum atomic E-state index is -0.480. The molecule has 2 aromatic heterocycles. The van der Waals surface area contributed by atoms with Crippen molar-refractivity contribution in [2.24, 2.45) is 5.73 Å². The molecule has 0 radical (unpaired) electrons. The third-order valence-electron chi connectivity index (χ3n) is 3.35. The van der Waals surface area contributed by atoms with Crippen molar-refractivity contribution in [3.05, 3.63) is 22.8 Å². The Balaban J connectivity index is 2.30. The molecule has 2 rings (SSSR count). The topological polar surface area (TPSA) is 64.9 Å². The van der Waals surface area contributed by atoms with Crippen molar-refractivity contribution >= 4 is 11.3 Å². The fourth-order valence-electron chi connectivity index (χ4n) is 1.77. The maximum Gasteiger partial charge on any atom is 0.268 e. The molecule has 0 aliphatic heterocycles. The Labute approximate surface area is 111 Å². The molecule has 0 unspecified atom stereocenters. The highest BCUT2D eigenvalue weighted by Gasteiger charge is 2.29. The highest BCUT2D eigenvalue weighted by molar-refractivity contribution is 7.15. The Bertz CT molecular complexity index is 514. The van der Waals surface area contributed by atoms with Crippen LogP contribution in [0.5, 0.6) is 0 Å². The summed E-state index contributed by atoms with van der Waals surface area (Å²) in [4.78, 5) is 6.78. The minimum Gasteiger partial charge on any atom is -0.333 e. The summed E-state index contributed by atoms with van der Waals surface area (Å²) in [6, 6.07) is 4.12. The van der Waals surface area contributed by atoms with Gasteiger partial charge in [-0.05, 0) is 31.4 Å². The molecule has 0 saturated heterocycles. The first-order valence-corrected chi connectivity index (χ1v) is 7.16. The van der Waals surface area contributed by atoms with Gasteiger partial charge in [-0.25, -0.2) is 0 Å². The number of hydrogen-bond acceptors (Lipinski definition) is 5. The Morgan fingerprint density at radius 1 is 1.28 bits per heavy atom. The van der Waals surface area contributed by atoms with Gasteiger partial charge in [0.1, 0.15) is 0 Å². The van der Waals surface area contributed by atoms with Crippen LogP contribution in [0.2, 0.25) is 0 Å². The zero-order valence-electron chi connectivity index (χ0n) is 11.1. The summed E-state index contributed by atoms with van der Waals surface area (Å²) >= 11 is 1.69. The second-order valence-electron chi connectivity index (χ2n) is 4.41. The Kier molecular flexibility index (Phi) is 3.82. The molecule has 0 aliphatic carbocycles. The van der Waals surface area contributed by atoms with Crippen LogP contribution in [0.15, 0.2) is 16.7 Å². The van der Waals surface area contributed by atoms with E-state index in [1.165, 1.54) is 4.88 Å². The van der Waals surface area contributed by atoms with Crippen molar-refractivity contribution in [1.29, 1.82) is 0 Å². The molecule has 0 atom stereocenters. The maximum atomic E-state index is 6.26. The van der Waals surface area contributed by atoms with Crippen LogP contribution in [-0.4, -0.2) is 10.1 Å². The summed E-state index contributed by atoms with van der Waals surface area (Å²) < 4.78 is 5.33. The minimum absolute atomic E-state index is 0.480. The summed E-state index contributed by atoms with van der Waals surface area (Å²) in [6.45, 7) is 6.22. The molecule has 0 spiro atoms. The second kappa shape index (κ2) is 5.20. The SMILES string of the molecule is CCc1ccc(-c2nc(C(N)(CC)CC)no2)s1. The number of hydrogen-bond donors (Lipinski definition) is 1. The third-order valence-corrected chi connectivity index (χ3v) is 4.57. The molecule has 2 heterocycles. The van der Waals surface area contributed by atoms with Crippen molar-refractivity contribution in [3.63, 3.8) is 0 Å². The van der Waals surface area contributed by atoms with Crippen LogP contribution in [-0.2, 0) is 12.0 Å². The van der Waals surface area contributed by atoms with Crippen molar-refractivity contribution in [1.82, 2.24) is 10.1 Å². The van der Waals surface area contributed by atoms with Crippen LogP contribution in [0.4, 0.5) is 0 Å². The lowest BCUT2D eigenvalue weighted by atomic mass is 9.93. The van der Waals surface area contributed by atoms with Crippen molar-refractivity contribution in [2.75, 3.05) is 0 Å². The molecule has 5 heteroatoms. The fourth-order valence-corrected chi connectivity index (χ4v) is 2.64. The quantitative estimate of drug-likeness (QED) is 0.900. The first kappa shape index (κ1) is 13.2. The van der Waals surface area contributed by atoms with Gasteiger partial charge in [0.15, 0.2) is 5.82 Å². The number of aromatic nitrogens is 2. The standard InChI is InChI=1S/C13H19N3OS/c1-4-9-7-8-10(18-9)11-15-12(16-17-11)13(14,5-2)6-3/h7-8H,4-6,14H2,1-3H3. The van der Waals surface area contributed by atoms with E-state index in [1.54, 1.807) is 11.3 Å². The molecular formula is C13H19N3OS. The van der Waals surface area contributed by atoms with E-state index in [0.29, 0.717) is 11.7 Å². The molecule has 2 aromatic rings. The van der Waals surface area contributed by atoms with Gasteiger partial charge in [0, 0.05) is 4.88 Å². The van der Waals surface area contributed by atoms with Crippen LogP contribution >= 0.6 is 11.3 Å². The average molecular weight is 265 g/mol. The third kappa shape index (κ3) is 2.33. The van der Waals surface area contributed by atoms with Gasteiger partial charge < -0.3 is 10.3 Å². The summed E-state index contributed by atoms with van der Waals surface area (Å²) in [7, 11) is 0. The Hall–Kier alpha value is -1.20. The van der Waals surface area contributed by atoms with Gasteiger partial charge in [-0.2, -0.15) is 4.98 Å². The van der Waals surface area contributed by atoms with E-state index >= 15 is 0 Å². The number of thiophene rings is 1. The van der Waals surface area contributed by atoms with Gasteiger partial charge >= 0.3 is 0 Å². The molecule has 0 saturated carbocycles. The largest absolute Gasteiger partial charge is 0.333 e. The van der Waals surface area contributed by atoms with Crippen LogP contribution in [0, 0.1) is 0 Å². The molecule has 0 amide bonds. The molecule has 2 N–H and O–H groups in total. The van der Waals surface area contributed by atoms with Gasteiger partial charge in [-0.15, -0.1) is 11.3 Å². The molecule has 98 valence electrons. The van der Waals surface area contributed by atoms with Crippen molar-refractivity contribution in [2.45, 2.75) is 45.6 Å². The number of rotatable bonds is 5. The van der Waals surface area contributed by atoms with E-state index in [-0.39, 0.29) is 0 Å². The van der Waals surface area contributed by atoms with Crippen LogP contribution in [0.3, 0.4) is 0 Å². The van der Waals surface area contributed by atoms with E-state index in [1.807, 2.05) is 19.9 Å². The Morgan fingerprint density at radius 2 is 2.00 bits per heavy atom. The molecule has 18 heavy (non-hydrogen) atoms. The lowest BCUT2D eigenvalue weighted by Crippen LogP contribution is -2.36. The number of nitrogens with two attached hydrogens (primary N) is 1. The lowest BCUT2D eigenvalue weighted by Gasteiger charge is -2.21. The molecule has 0 aromatic carbocycles. The maximum absolute atomic E-state index is 6.26. The number of nitrogens with zero attached hydrogens (tertiary/aromatic N) is 2. The van der Waals surface area contributed by atoms with Crippen molar-refractivity contribution < 1.29 is 4.52 Å². The number of aryl methyl sites for hydroxylation is 1.